The smallest absolute Gasteiger partial charge is 0.0365 e. The minimum Gasteiger partial charge on any atom is -0.328 e. The van der Waals surface area contributed by atoms with Crippen LogP contribution in [-0.2, 0) is 0 Å². The Morgan fingerprint density at radius 1 is 1.11 bits per heavy atom. The molecule has 2 nitrogen and oxygen atoms in total. The third kappa shape index (κ3) is 2.02. The fourth-order valence-corrected chi connectivity index (χ4v) is 3.02. The highest BCUT2D eigenvalue weighted by molar-refractivity contribution is 5.86. The lowest BCUT2D eigenvalue weighted by molar-refractivity contribution is 0.172. The van der Waals surface area contributed by atoms with Crippen molar-refractivity contribution in [1.82, 2.24) is 4.90 Å². The lowest BCUT2D eigenvalue weighted by Gasteiger charge is -2.36. The third-order valence-corrected chi connectivity index (χ3v) is 4.09. The Morgan fingerprint density at radius 3 is 2.78 bits per heavy atom. The van der Waals surface area contributed by atoms with Gasteiger partial charge in [-0.3, -0.25) is 4.90 Å². The predicted octanol–water partition coefficient (Wildman–Crippen LogP) is 2.93. The van der Waals surface area contributed by atoms with E-state index in [1.54, 1.807) is 0 Å². The quantitative estimate of drug-likeness (QED) is 0.830. The van der Waals surface area contributed by atoms with E-state index in [1.165, 1.54) is 16.3 Å². The van der Waals surface area contributed by atoms with Gasteiger partial charge in [0.15, 0.2) is 0 Å². The van der Waals surface area contributed by atoms with Gasteiger partial charge in [0.2, 0.25) is 0 Å². The summed E-state index contributed by atoms with van der Waals surface area (Å²) in [5.74, 6) is 0. The number of piperidine rings is 1. The van der Waals surface area contributed by atoms with Crippen molar-refractivity contribution in [1.29, 1.82) is 0 Å². The van der Waals surface area contributed by atoms with Gasteiger partial charge < -0.3 is 5.73 Å². The van der Waals surface area contributed by atoms with E-state index in [0.29, 0.717) is 12.1 Å². The maximum Gasteiger partial charge on any atom is 0.0365 e. The summed E-state index contributed by atoms with van der Waals surface area (Å²) in [6.45, 7) is 1.09. The normalized spacial score (nSPS) is 25.4. The molecule has 1 saturated heterocycles. The first-order valence-electron chi connectivity index (χ1n) is 6.69. The molecule has 0 amide bonds. The fraction of sp³-hybridized carbons (Fsp3) is 0.375. The lowest BCUT2D eigenvalue weighted by Crippen LogP contribution is -2.39. The Hall–Kier alpha value is -1.38. The number of nitrogens with two attached hydrogens (primary N) is 1. The molecule has 2 unspecified atom stereocenters. The third-order valence-electron chi connectivity index (χ3n) is 4.09. The highest BCUT2D eigenvalue weighted by atomic mass is 15.1. The molecule has 18 heavy (non-hydrogen) atoms. The second kappa shape index (κ2) is 4.71. The standard InChI is InChI=1S/C16H20N2/c1-18-10-9-13(17)11-16(18)15-8-4-6-12-5-2-3-7-14(12)15/h2-8,13,16H,9-11,17H2,1H3. The summed E-state index contributed by atoms with van der Waals surface area (Å²) in [4.78, 5) is 2.44. The van der Waals surface area contributed by atoms with Crippen molar-refractivity contribution in [2.75, 3.05) is 13.6 Å². The Balaban J connectivity index is 2.07. The van der Waals surface area contributed by atoms with Gasteiger partial charge in [0.05, 0.1) is 0 Å². The average Bonchev–Trinajstić information content (AvgIpc) is 2.41. The molecule has 1 aliphatic rings. The van der Waals surface area contributed by atoms with Crippen LogP contribution < -0.4 is 5.73 Å². The van der Waals surface area contributed by atoms with Gasteiger partial charge in [0.25, 0.3) is 0 Å². The summed E-state index contributed by atoms with van der Waals surface area (Å²) in [6, 6.07) is 16.0. The lowest BCUT2D eigenvalue weighted by atomic mass is 9.90. The van der Waals surface area contributed by atoms with Crippen molar-refractivity contribution in [3.05, 3.63) is 48.0 Å². The zero-order valence-corrected chi connectivity index (χ0v) is 10.8. The molecule has 2 atom stereocenters. The Bertz CT molecular complexity index is 544. The maximum atomic E-state index is 6.14. The highest BCUT2D eigenvalue weighted by Crippen LogP contribution is 2.33. The number of rotatable bonds is 1. The van der Waals surface area contributed by atoms with E-state index < -0.39 is 0 Å². The maximum absolute atomic E-state index is 6.14. The summed E-state index contributed by atoms with van der Waals surface area (Å²) in [5, 5.41) is 2.69. The second-order valence-electron chi connectivity index (χ2n) is 5.35. The zero-order valence-electron chi connectivity index (χ0n) is 10.8. The molecule has 94 valence electrons. The van der Waals surface area contributed by atoms with Crippen molar-refractivity contribution in [2.45, 2.75) is 24.9 Å². The number of fused-ring (bicyclic) bond motifs is 1. The van der Waals surface area contributed by atoms with Gasteiger partial charge in [-0.2, -0.15) is 0 Å². The molecule has 0 saturated carbocycles. The molecule has 2 aromatic rings. The summed E-state index contributed by atoms with van der Waals surface area (Å²) in [5.41, 5.74) is 7.56. The van der Waals surface area contributed by atoms with Gasteiger partial charge in [0, 0.05) is 12.1 Å². The van der Waals surface area contributed by atoms with Gasteiger partial charge in [0.1, 0.15) is 0 Å². The fourth-order valence-electron chi connectivity index (χ4n) is 3.02. The van der Waals surface area contributed by atoms with E-state index in [4.69, 9.17) is 5.73 Å². The number of benzene rings is 2. The van der Waals surface area contributed by atoms with Crippen molar-refractivity contribution in [3.8, 4) is 0 Å². The SMILES string of the molecule is CN1CCC(N)CC1c1cccc2ccccc12. The number of hydrogen-bond donors (Lipinski definition) is 1. The first-order valence-corrected chi connectivity index (χ1v) is 6.69. The molecule has 0 aliphatic carbocycles. The molecule has 2 heteroatoms. The van der Waals surface area contributed by atoms with Crippen LogP contribution in [0.15, 0.2) is 42.5 Å². The van der Waals surface area contributed by atoms with Crippen LogP contribution in [0.25, 0.3) is 10.8 Å². The molecular formula is C16H20N2. The molecule has 2 N–H and O–H groups in total. The number of likely N-dealkylation sites (tertiary alicyclic amines) is 1. The summed E-state index contributed by atoms with van der Waals surface area (Å²) in [6.07, 6.45) is 2.17. The van der Waals surface area contributed by atoms with Gasteiger partial charge in [-0.15, -0.1) is 0 Å². The Labute approximate surface area is 108 Å². The monoisotopic (exact) mass is 240 g/mol. The molecule has 1 aliphatic heterocycles. The van der Waals surface area contributed by atoms with E-state index >= 15 is 0 Å². The van der Waals surface area contributed by atoms with E-state index in [9.17, 15) is 0 Å². The molecule has 0 radical (unpaired) electrons. The van der Waals surface area contributed by atoms with Crippen molar-refractivity contribution in [2.24, 2.45) is 5.73 Å². The van der Waals surface area contributed by atoms with Crippen LogP contribution in [-0.4, -0.2) is 24.5 Å². The Kier molecular flexibility index (Phi) is 3.06. The van der Waals surface area contributed by atoms with Crippen LogP contribution in [0.1, 0.15) is 24.4 Å². The van der Waals surface area contributed by atoms with Crippen LogP contribution in [0.2, 0.25) is 0 Å². The van der Waals surface area contributed by atoms with Gasteiger partial charge >= 0.3 is 0 Å². The zero-order chi connectivity index (χ0) is 12.5. The van der Waals surface area contributed by atoms with Crippen molar-refractivity contribution < 1.29 is 0 Å². The van der Waals surface area contributed by atoms with Crippen LogP contribution in [0, 0.1) is 0 Å². The number of hydrogen-bond acceptors (Lipinski definition) is 2. The molecule has 0 spiro atoms. The van der Waals surface area contributed by atoms with Crippen molar-refractivity contribution in [3.63, 3.8) is 0 Å². The molecule has 1 heterocycles. The van der Waals surface area contributed by atoms with E-state index in [-0.39, 0.29) is 0 Å². The summed E-state index contributed by atoms with van der Waals surface area (Å²) < 4.78 is 0. The topological polar surface area (TPSA) is 29.3 Å². The predicted molar refractivity (Wildman–Crippen MR) is 76.5 cm³/mol. The minimum absolute atomic E-state index is 0.338. The molecule has 1 fully saturated rings. The van der Waals surface area contributed by atoms with Gasteiger partial charge in [-0.1, -0.05) is 42.5 Å². The van der Waals surface area contributed by atoms with E-state index in [0.717, 1.165) is 19.4 Å². The van der Waals surface area contributed by atoms with Gasteiger partial charge in [-0.25, -0.2) is 0 Å². The molecular weight excluding hydrogens is 220 g/mol. The van der Waals surface area contributed by atoms with E-state index in [2.05, 4.69) is 54.4 Å². The summed E-state index contributed by atoms with van der Waals surface area (Å²) >= 11 is 0. The molecule has 2 aromatic carbocycles. The van der Waals surface area contributed by atoms with Gasteiger partial charge in [-0.05, 0) is 42.8 Å². The first kappa shape index (κ1) is 11.7. The molecule has 0 aromatic heterocycles. The minimum atomic E-state index is 0.338. The number of nitrogens with zero attached hydrogens (tertiary/aromatic N) is 1. The van der Waals surface area contributed by atoms with E-state index in [1.807, 2.05) is 0 Å². The summed E-state index contributed by atoms with van der Waals surface area (Å²) in [7, 11) is 2.21. The van der Waals surface area contributed by atoms with Crippen LogP contribution in [0.3, 0.4) is 0 Å². The molecule has 3 rings (SSSR count). The Morgan fingerprint density at radius 2 is 1.89 bits per heavy atom. The van der Waals surface area contributed by atoms with Crippen LogP contribution in [0.4, 0.5) is 0 Å². The average molecular weight is 240 g/mol. The van der Waals surface area contributed by atoms with Crippen molar-refractivity contribution >= 4 is 10.8 Å². The highest BCUT2D eigenvalue weighted by Gasteiger charge is 2.26. The second-order valence-corrected chi connectivity index (χ2v) is 5.35. The molecule has 0 bridgehead atoms. The van der Waals surface area contributed by atoms with Crippen LogP contribution >= 0.6 is 0 Å². The first-order chi connectivity index (χ1) is 8.75. The van der Waals surface area contributed by atoms with Crippen LogP contribution in [0.5, 0.6) is 0 Å². The largest absolute Gasteiger partial charge is 0.328 e.